The number of esters is 1. The molecule has 0 N–H and O–H groups in total. The lowest BCUT2D eigenvalue weighted by Crippen LogP contribution is -2.26. The number of carbonyl (C=O) groups is 1. The summed E-state index contributed by atoms with van der Waals surface area (Å²) in [7, 11) is 0. The Labute approximate surface area is 162 Å². The monoisotopic (exact) mass is 362 g/mol. The summed E-state index contributed by atoms with van der Waals surface area (Å²) in [5, 5.41) is 0. The van der Waals surface area contributed by atoms with E-state index in [4.69, 9.17) is 4.74 Å². The topological polar surface area (TPSA) is 26.3 Å². The van der Waals surface area contributed by atoms with E-state index in [1.165, 1.54) is 38.5 Å². The number of rotatable bonds is 16. The SMILES string of the molecule is CC/C=C\C/C=C\C/C=C\CCCCCCCCC(C)(C)C(=O)OCC. The average Bonchev–Trinajstić information content (AvgIpc) is 2.61. The second-order valence-corrected chi connectivity index (χ2v) is 7.56. The van der Waals surface area contributed by atoms with E-state index < -0.39 is 0 Å². The highest BCUT2D eigenvalue weighted by Gasteiger charge is 2.28. The van der Waals surface area contributed by atoms with Crippen molar-refractivity contribution in [1.29, 1.82) is 0 Å². The summed E-state index contributed by atoms with van der Waals surface area (Å²) < 4.78 is 5.13. The van der Waals surface area contributed by atoms with Crippen molar-refractivity contribution in [2.45, 2.75) is 98.3 Å². The number of carbonyl (C=O) groups excluding carboxylic acids is 1. The first-order valence-corrected chi connectivity index (χ1v) is 10.7. The van der Waals surface area contributed by atoms with E-state index in [9.17, 15) is 4.79 Å². The second kappa shape index (κ2) is 17.1. The van der Waals surface area contributed by atoms with Crippen molar-refractivity contribution in [1.82, 2.24) is 0 Å². The maximum atomic E-state index is 11.8. The van der Waals surface area contributed by atoms with Gasteiger partial charge in [0, 0.05) is 0 Å². The molecular weight excluding hydrogens is 320 g/mol. The predicted molar refractivity (Wildman–Crippen MR) is 114 cm³/mol. The van der Waals surface area contributed by atoms with Crippen LogP contribution in [0.2, 0.25) is 0 Å². The Kier molecular flexibility index (Phi) is 16.3. The zero-order chi connectivity index (χ0) is 19.5. The Hall–Kier alpha value is -1.31. The van der Waals surface area contributed by atoms with Gasteiger partial charge in [0.05, 0.1) is 12.0 Å². The Morgan fingerprint density at radius 1 is 0.769 bits per heavy atom. The molecule has 0 saturated carbocycles. The molecule has 0 radical (unpaired) electrons. The maximum absolute atomic E-state index is 11.8. The minimum Gasteiger partial charge on any atom is -0.466 e. The van der Waals surface area contributed by atoms with Gasteiger partial charge in [0.2, 0.25) is 0 Å². The molecule has 0 rings (SSSR count). The van der Waals surface area contributed by atoms with E-state index in [0.29, 0.717) is 6.61 Å². The largest absolute Gasteiger partial charge is 0.466 e. The lowest BCUT2D eigenvalue weighted by Gasteiger charge is -2.21. The first-order valence-electron chi connectivity index (χ1n) is 10.7. The van der Waals surface area contributed by atoms with Gasteiger partial charge >= 0.3 is 5.97 Å². The van der Waals surface area contributed by atoms with Crippen LogP contribution in [0.15, 0.2) is 36.5 Å². The molecule has 150 valence electrons. The highest BCUT2D eigenvalue weighted by molar-refractivity contribution is 5.75. The van der Waals surface area contributed by atoms with Gasteiger partial charge in [0.1, 0.15) is 0 Å². The van der Waals surface area contributed by atoms with Crippen LogP contribution >= 0.6 is 0 Å². The smallest absolute Gasteiger partial charge is 0.311 e. The molecule has 0 bridgehead atoms. The summed E-state index contributed by atoms with van der Waals surface area (Å²) in [4.78, 5) is 11.8. The average molecular weight is 363 g/mol. The van der Waals surface area contributed by atoms with Gasteiger partial charge in [-0.05, 0) is 59.3 Å². The Balaban J connectivity index is 3.47. The fourth-order valence-electron chi connectivity index (χ4n) is 2.79. The highest BCUT2D eigenvalue weighted by Crippen LogP contribution is 2.25. The second-order valence-electron chi connectivity index (χ2n) is 7.56. The van der Waals surface area contributed by atoms with E-state index >= 15 is 0 Å². The summed E-state index contributed by atoms with van der Waals surface area (Å²) in [5.41, 5.74) is -0.332. The Bertz CT molecular complexity index is 416. The van der Waals surface area contributed by atoms with Crippen molar-refractivity contribution in [3.8, 4) is 0 Å². The zero-order valence-corrected chi connectivity index (χ0v) is 17.8. The van der Waals surface area contributed by atoms with Crippen LogP contribution in [0.5, 0.6) is 0 Å². The van der Waals surface area contributed by atoms with Crippen LogP contribution in [0, 0.1) is 5.41 Å². The molecule has 0 aliphatic carbocycles. The Morgan fingerprint density at radius 2 is 1.31 bits per heavy atom. The van der Waals surface area contributed by atoms with E-state index in [-0.39, 0.29) is 11.4 Å². The van der Waals surface area contributed by atoms with Crippen LogP contribution in [0.3, 0.4) is 0 Å². The van der Waals surface area contributed by atoms with Crippen molar-refractivity contribution in [3.63, 3.8) is 0 Å². The van der Waals surface area contributed by atoms with Crippen LogP contribution < -0.4 is 0 Å². The third-order valence-corrected chi connectivity index (χ3v) is 4.53. The molecule has 2 nitrogen and oxygen atoms in total. The summed E-state index contributed by atoms with van der Waals surface area (Å²) in [5.74, 6) is -0.0564. The van der Waals surface area contributed by atoms with Gasteiger partial charge in [-0.25, -0.2) is 0 Å². The predicted octanol–water partition coefficient (Wildman–Crippen LogP) is 7.56. The van der Waals surface area contributed by atoms with Gasteiger partial charge in [-0.15, -0.1) is 0 Å². The van der Waals surface area contributed by atoms with Gasteiger partial charge in [-0.3, -0.25) is 4.79 Å². The molecule has 0 aliphatic rings. The molecular formula is C24H42O2. The summed E-state index contributed by atoms with van der Waals surface area (Å²) >= 11 is 0. The quantitative estimate of drug-likeness (QED) is 0.161. The minimum absolute atomic E-state index is 0.0564. The number of hydrogen-bond acceptors (Lipinski definition) is 2. The maximum Gasteiger partial charge on any atom is 0.311 e. The number of hydrogen-bond donors (Lipinski definition) is 0. The molecule has 0 heterocycles. The lowest BCUT2D eigenvalue weighted by atomic mass is 9.87. The molecule has 0 amide bonds. The first kappa shape index (κ1) is 24.7. The molecule has 2 heteroatoms. The van der Waals surface area contributed by atoms with Crippen LogP contribution in [0.25, 0.3) is 0 Å². The summed E-state index contributed by atoms with van der Waals surface area (Å²) in [6, 6.07) is 0. The van der Waals surface area contributed by atoms with Crippen LogP contribution in [-0.2, 0) is 9.53 Å². The van der Waals surface area contributed by atoms with Crippen molar-refractivity contribution < 1.29 is 9.53 Å². The molecule has 0 aromatic heterocycles. The third kappa shape index (κ3) is 15.0. The molecule has 0 aromatic rings. The lowest BCUT2D eigenvalue weighted by molar-refractivity contribution is -0.153. The molecule has 0 fully saturated rings. The van der Waals surface area contributed by atoms with Gasteiger partial charge in [0.15, 0.2) is 0 Å². The van der Waals surface area contributed by atoms with Crippen molar-refractivity contribution in [2.24, 2.45) is 5.41 Å². The third-order valence-electron chi connectivity index (χ3n) is 4.53. The zero-order valence-electron chi connectivity index (χ0n) is 17.8. The minimum atomic E-state index is -0.332. The van der Waals surface area contributed by atoms with Crippen LogP contribution in [-0.4, -0.2) is 12.6 Å². The van der Waals surface area contributed by atoms with E-state index in [1.807, 2.05) is 20.8 Å². The molecule has 0 unspecified atom stereocenters. The summed E-state index contributed by atoms with van der Waals surface area (Å²) in [6.07, 6.45) is 26.4. The molecule has 26 heavy (non-hydrogen) atoms. The van der Waals surface area contributed by atoms with Crippen LogP contribution in [0.4, 0.5) is 0 Å². The molecule has 0 spiro atoms. The first-order chi connectivity index (χ1) is 12.5. The van der Waals surface area contributed by atoms with E-state index in [1.54, 1.807) is 0 Å². The fraction of sp³-hybridized carbons (Fsp3) is 0.708. The van der Waals surface area contributed by atoms with Crippen molar-refractivity contribution in [2.75, 3.05) is 6.61 Å². The fourth-order valence-corrected chi connectivity index (χ4v) is 2.79. The van der Waals surface area contributed by atoms with Gasteiger partial charge < -0.3 is 4.74 Å². The van der Waals surface area contributed by atoms with E-state index in [2.05, 4.69) is 43.4 Å². The van der Waals surface area contributed by atoms with Crippen LogP contribution in [0.1, 0.15) is 98.3 Å². The van der Waals surface area contributed by atoms with Gasteiger partial charge in [-0.2, -0.15) is 0 Å². The van der Waals surface area contributed by atoms with Crippen molar-refractivity contribution >= 4 is 5.97 Å². The normalized spacial score (nSPS) is 12.6. The number of unbranched alkanes of at least 4 members (excludes halogenated alkanes) is 6. The van der Waals surface area contributed by atoms with Crippen molar-refractivity contribution in [3.05, 3.63) is 36.5 Å². The number of ether oxygens (including phenoxy) is 1. The standard InChI is InChI=1S/C24H42O2/c1-5-7-8-9-10-11-12-13-14-15-16-17-18-19-20-21-22-24(3,4)23(25)26-6-2/h7-8,10-11,13-14H,5-6,9,12,15-22H2,1-4H3/b8-7-,11-10-,14-13-. The van der Waals surface area contributed by atoms with Gasteiger partial charge in [-0.1, -0.05) is 75.5 Å². The highest BCUT2D eigenvalue weighted by atomic mass is 16.5. The Morgan fingerprint density at radius 3 is 1.92 bits per heavy atom. The number of allylic oxidation sites excluding steroid dienone is 6. The molecule has 0 aromatic carbocycles. The van der Waals surface area contributed by atoms with E-state index in [0.717, 1.165) is 32.1 Å². The molecule has 0 aliphatic heterocycles. The van der Waals surface area contributed by atoms with Gasteiger partial charge in [0.25, 0.3) is 0 Å². The summed E-state index contributed by atoms with van der Waals surface area (Å²) in [6.45, 7) is 8.49. The molecule has 0 saturated heterocycles. The molecule has 0 atom stereocenters.